The molecule has 1 aromatic heterocycles. The highest BCUT2D eigenvalue weighted by Gasteiger charge is 2.48. The van der Waals surface area contributed by atoms with Crippen LogP contribution in [0.1, 0.15) is 36.7 Å². The van der Waals surface area contributed by atoms with Gasteiger partial charge in [0, 0.05) is 29.6 Å². The summed E-state index contributed by atoms with van der Waals surface area (Å²) in [6, 6.07) is 13.3. The molecule has 0 spiro atoms. The number of nitrogens with zero attached hydrogens (tertiary/aromatic N) is 3. The van der Waals surface area contributed by atoms with Crippen molar-refractivity contribution in [2.75, 3.05) is 18.3 Å². The van der Waals surface area contributed by atoms with Crippen LogP contribution in [0.5, 0.6) is 0 Å². The standard InChI is InChI=1S/C24H25N4O4/c1-14(2)12-26-13-21(29)27-20(24(26)30)11-18-17-5-3-4-6-19(17)25-22(18)23(27)15-7-9-16(10-8-15)28(31)32/h3-10,14,20,23,25,31H,11-13H2,1-2H3/q-1/t20-,23?/m0/s1. The normalized spacial score (nSPS) is 20.7. The second-order valence-electron chi connectivity index (χ2n) is 8.96. The van der Waals surface area contributed by atoms with E-state index < -0.39 is 12.1 Å². The Bertz CT molecular complexity index is 1180. The number of carbonyl (C=O) groups is 2. The molecule has 1 unspecified atom stereocenters. The molecule has 3 heterocycles. The van der Waals surface area contributed by atoms with Crippen LogP contribution in [0, 0.1) is 11.1 Å². The fraction of sp³-hybridized carbons (Fsp3) is 0.333. The van der Waals surface area contributed by atoms with Gasteiger partial charge >= 0.3 is 0 Å². The molecule has 0 saturated carbocycles. The van der Waals surface area contributed by atoms with Crippen molar-refractivity contribution in [3.63, 3.8) is 0 Å². The Hall–Kier alpha value is -3.36. The Morgan fingerprint density at radius 2 is 1.88 bits per heavy atom. The molecule has 32 heavy (non-hydrogen) atoms. The van der Waals surface area contributed by atoms with Gasteiger partial charge in [-0.2, -0.15) is 0 Å². The van der Waals surface area contributed by atoms with Gasteiger partial charge in [0.1, 0.15) is 6.04 Å². The highest BCUT2D eigenvalue weighted by Crippen LogP contribution is 2.42. The maximum absolute atomic E-state index is 13.5. The smallest absolute Gasteiger partial charge is 0.246 e. The zero-order valence-electron chi connectivity index (χ0n) is 18.0. The average Bonchev–Trinajstić information content (AvgIpc) is 3.14. The molecule has 2 amide bonds. The number of nitrogens with one attached hydrogen (secondary N) is 1. The second kappa shape index (κ2) is 7.65. The molecule has 0 radical (unpaired) electrons. The molecule has 0 bridgehead atoms. The third kappa shape index (κ3) is 3.23. The molecule has 2 aromatic carbocycles. The molecule has 2 N–H and O–H groups in total. The molecule has 1 fully saturated rings. The average molecular weight is 433 g/mol. The molecule has 8 nitrogen and oxygen atoms in total. The van der Waals surface area contributed by atoms with Gasteiger partial charge in [-0.3, -0.25) is 14.8 Å². The quantitative estimate of drug-likeness (QED) is 0.615. The van der Waals surface area contributed by atoms with E-state index in [0.29, 0.717) is 13.0 Å². The number of piperazine rings is 1. The Labute approximate surface area is 185 Å². The minimum absolute atomic E-state index is 0.0306. The lowest BCUT2D eigenvalue weighted by Gasteiger charge is -2.47. The zero-order chi connectivity index (χ0) is 22.6. The zero-order valence-corrected chi connectivity index (χ0v) is 18.0. The third-order valence-corrected chi connectivity index (χ3v) is 6.36. The molecule has 3 aromatic rings. The summed E-state index contributed by atoms with van der Waals surface area (Å²) in [5, 5.41) is 21.3. The number of amides is 2. The van der Waals surface area contributed by atoms with Gasteiger partial charge in [0.05, 0.1) is 18.3 Å². The van der Waals surface area contributed by atoms with E-state index in [0.717, 1.165) is 27.7 Å². The lowest BCUT2D eigenvalue weighted by Crippen LogP contribution is -2.63. The Morgan fingerprint density at radius 3 is 2.56 bits per heavy atom. The number of hydrogen-bond acceptors (Lipinski definition) is 5. The monoisotopic (exact) mass is 433 g/mol. The van der Waals surface area contributed by atoms with E-state index >= 15 is 0 Å². The van der Waals surface area contributed by atoms with Gasteiger partial charge in [-0.15, -0.1) is 0 Å². The summed E-state index contributed by atoms with van der Waals surface area (Å²) in [6.07, 6.45) is 0.456. The van der Waals surface area contributed by atoms with Gasteiger partial charge in [-0.1, -0.05) is 44.2 Å². The lowest BCUT2D eigenvalue weighted by molar-refractivity contribution is -0.159. The van der Waals surface area contributed by atoms with Crippen LogP contribution in [0.2, 0.25) is 0 Å². The number of anilines is 1. The van der Waals surface area contributed by atoms with Gasteiger partial charge in [0.25, 0.3) is 0 Å². The first-order valence-corrected chi connectivity index (χ1v) is 10.8. The van der Waals surface area contributed by atoms with Crippen LogP contribution in [-0.4, -0.2) is 50.9 Å². The van der Waals surface area contributed by atoms with Crippen molar-refractivity contribution < 1.29 is 14.8 Å². The largest absolute Gasteiger partial charge is 0.733 e. The minimum Gasteiger partial charge on any atom is -0.733 e. The Morgan fingerprint density at radius 1 is 1.16 bits per heavy atom. The van der Waals surface area contributed by atoms with Crippen molar-refractivity contribution in [3.05, 3.63) is 70.6 Å². The highest BCUT2D eigenvalue weighted by molar-refractivity contribution is 5.97. The highest BCUT2D eigenvalue weighted by atomic mass is 16.8. The SMILES string of the molecule is CC(C)CN1CC(=O)N2C(c3ccc(N([O-])O)cc3)c3[nH]c4ccccc4c3C[C@H]2C1=O. The van der Waals surface area contributed by atoms with Gasteiger partial charge in [-0.25, -0.2) is 0 Å². The topological polar surface area (TPSA) is 103 Å². The minimum atomic E-state index is -0.583. The molecule has 2 atom stereocenters. The van der Waals surface area contributed by atoms with E-state index in [1.165, 1.54) is 12.1 Å². The van der Waals surface area contributed by atoms with Crippen LogP contribution < -0.4 is 5.23 Å². The van der Waals surface area contributed by atoms with E-state index in [9.17, 15) is 20.0 Å². The molecule has 5 rings (SSSR count). The van der Waals surface area contributed by atoms with Gasteiger partial charge in [0.2, 0.25) is 11.8 Å². The maximum Gasteiger partial charge on any atom is 0.246 e. The van der Waals surface area contributed by atoms with Crippen molar-refractivity contribution in [1.29, 1.82) is 0 Å². The summed E-state index contributed by atoms with van der Waals surface area (Å²) in [5.74, 6) is 0.139. The predicted molar refractivity (Wildman–Crippen MR) is 120 cm³/mol. The van der Waals surface area contributed by atoms with Crippen LogP contribution in [0.4, 0.5) is 5.69 Å². The molecular formula is C24H25N4O4-. The fourth-order valence-corrected chi connectivity index (χ4v) is 5.05. The number of carbonyl (C=O) groups excluding carboxylic acids is 2. The molecule has 1 saturated heterocycles. The molecule has 166 valence electrons. The summed E-state index contributed by atoms with van der Waals surface area (Å²) in [4.78, 5) is 33.7. The number of benzene rings is 2. The van der Waals surface area contributed by atoms with Crippen molar-refractivity contribution in [3.8, 4) is 0 Å². The molecular weight excluding hydrogens is 408 g/mol. The first kappa shape index (κ1) is 20.5. The summed E-state index contributed by atoms with van der Waals surface area (Å²) in [6.45, 7) is 4.68. The molecule has 8 heteroatoms. The second-order valence-corrected chi connectivity index (χ2v) is 8.96. The first-order valence-electron chi connectivity index (χ1n) is 10.8. The predicted octanol–water partition coefficient (Wildman–Crippen LogP) is 3.20. The lowest BCUT2D eigenvalue weighted by atomic mass is 9.86. The van der Waals surface area contributed by atoms with Crippen LogP contribution in [0.25, 0.3) is 10.9 Å². The van der Waals surface area contributed by atoms with E-state index in [-0.39, 0.29) is 35.2 Å². The van der Waals surface area contributed by atoms with E-state index in [1.807, 2.05) is 38.1 Å². The van der Waals surface area contributed by atoms with Crippen LogP contribution in [-0.2, 0) is 16.0 Å². The van der Waals surface area contributed by atoms with Gasteiger partial charge in [-0.05, 0) is 35.2 Å². The fourth-order valence-electron chi connectivity index (χ4n) is 5.05. The number of rotatable bonds is 4. The van der Waals surface area contributed by atoms with Crippen LogP contribution in [0.3, 0.4) is 0 Å². The first-order chi connectivity index (χ1) is 15.3. The van der Waals surface area contributed by atoms with Crippen molar-refractivity contribution in [2.45, 2.75) is 32.4 Å². The molecule has 2 aliphatic rings. The van der Waals surface area contributed by atoms with Gasteiger partial charge in [0.15, 0.2) is 0 Å². The Balaban J connectivity index is 1.65. The van der Waals surface area contributed by atoms with Gasteiger partial charge < -0.3 is 25.2 Å². The van der Waals surface area contributed by atoms with Crippen LogP contribution in [0.15, 0.2) is 48.5 Å². The summed E-state index contributed by atoms with van der Waals surface area (Å²) in [5.41, 5.74) is 3.75. The summed E-state index contributed by atoms with van der Waals surface area (Å²) >= 11 is 0. The number of aromatic amines is 1. The van der Waals surface area contributed by atoms with Crippen molar-refractivity contribution in [2.24, 2.45) is 5.92 Å². The number of aromatic nitrogens is 1. The molecule has 2 aliphatic heterocycles. The van der Waals surface area contributed by atoms with E-state index in [4.69, 9.17) is 0 Å². The van der Waals surface area contributed by atoms with Crippen molar-refractivity contribution in [1.82, 2.24) is 14.8 Å². The molecule has 0 aliphatic carbocycles. The summed E-state index contributed by atoms with van der Waals surface area (Å²) in [7, 11) is 0. The van der Waals surface area contributed by atoms with Crippen molar-refractivity contribution >= 4 is 28.4 Å². The summed E-state index contributed by atoms with van der Waals surface area (Å²) < 4.78 is 0. The van der Waals surface area contributed by atoms with Crippen LogP contribution >= 0.6 is 0 Å². The van der Waals surface area contributed by atoms with E-state index in [1.54, 1.807) is 21.9 Å². The maximum atomic E-state index is 13.5. The van der Waals surface area contributed by atoms with E-state index in [2.05, 4.69) is 4.98 Å². The number of fused-ring (bicyclic) bond motifs is 4. The third-order valence-electron chi connectivity index (χ3n) is 6.36. The number of para-hydroxylation sites is 1. The Kier molecular flexibility index (Phi) is 4.91. The number of hydrogen-bond donors (Lipinski definition) is 2. The number of H-pyrrole nitrogens is 1.